The van der Waals surface area contributed by atoms with Gasteiger partial charge in [0.1, 0.15) is 5.58 Å². The van der Waals surface area contributed by atoms with E-state index in [0.717, 1.165) is 34.3 Å². The molecule has 2 rings (SSSR count). The second kappa shape index (κ2) is 8.04. The lowest BCUT2D eigenvalue weighted by Gasteiger charge is -2.29. The molecule has 25 heavy (non-hydrogen) atoms. The van der Waals surface area contributed by atoms with Crippen molar-refractivity contribution in [3.63, 3.8) is 0 Å². The molecule has 2 aromatic rings. The molecule has 1 heterocycles. The van der Waals surface area contributed by atoms with Gasteiger partial charge in [0, 0.05) is 10.6 Å². The molecule has 0 N–H and O–H groups in total. The molecule has 0 fully saturated rings. The van der Waals surface area contributed by atoms with Crippen LogP contribution in [0.25, 0.3) is 11.0 Å². The number of hydrogen-bond donors (Lipinski definition) is 0. The summed E-state index contributed by atoms with van der Waals surface area (Å²) >= 11 is 0. The average molecular weight is 375 g/mol. The van der Waals surface area contributed by atoms with Gasteiger partial charge in [-0.25, -0.2) is 4.79 Å². The lowest BCUT2D eigenvalue weighted by molar-refractivity contribution is 0.566. The zero-order valence-corrected chi connectivity index (χ0v) is 18.9. The summed E-state index contributed by atoms with van der Waals surface area (Å²) < 4.78 is 5.88. The second-order valence-corrected chi connectivity index (χ2v) is 17.9. The quantitative estimate of drug-likeness (QED) is 0.468. The first kappa shape index (κ1) is 20.2. The SMILES string of the molecule is CC[Si](CC)(CC)c1ccc2cc([Si](CC)(CC)CC)c(=O)oc2c1. The zero-order valence-electron chi connectivity index (χ0n) is 16.9. The molecular weight excluding hydrogens is 340 g/mol. The third-order valence-electron chi connectivity index (χ3n) is 6.98. The molecule has 0 atom stereocenters. The highest BCUT2D eigenvalue weighted by molar-refractivity contribution is 6.92. The van der Waals surface area contributed by atoms with Gasteiger partial charge in [-0.15, -0.1) is 0 Å². The maximum atomic E-state index is 12.8. The summed E-state index contributed by atoms with van der Waals surface area (Å²) in [7, 11) is -3.18. The molecule has 0 aliphatic carbocycles. The van der Waals surface area contributed by atoms with E-state index in [0.29, 0.717) is 0 Å². The lowest BCUT2D eigenvalue weighted by Crippen LogP contribution is -2.52. The number of hydrogen-bond acceptors (Lipinski definition) is 2. The van der Waals surface area contributed by atoms with Crippen LogP contribution in [0.2, 0.25) is 36.3 Å². The van der Waals surface area contributed by atoms with Crippen molar-refractivity contribution in [3.05, 3.63) is 34.7 Å². The highest BCUT2D eigenvalue weighted by Gasteiger charge is 2.33. The van der Waals surface area contributed by atoms with E-state index in [2.05, 4.69) is 65.8 Å². The largest absolute Gasteiger partial charge is 0.423 e. The molecule has 4 heteroatoms. The lowest BCUT2D eigenvalue weighted by atomic mass is 10.2. The molecule has 1 aromatic carbocycles. The van der Waals surface area contributed by atoms with Crippen LogP contribution in [0.15, 0.2) is 33.5 Å². The first-order chi connectivity index (χ1) is 12.0. The van der Waals surface area contributed by atoms with E-state index in [1.165, 1.54) is 23.3 Å². The third-order valence-corrected chi connectivity index (χ3v) is 18.1. The van der Waals surface area contributed by atoms with E-state index in [1.54, 1.807) is 0 Å². The van der Waals surface area contributed by atoms with Crippen molar-refractivity contribution in [1.82, 2.24) is 0 Å². The second-order valence-electron chi connectivity index (χ2n) is 7.38. The third kappa shape index (κ3) is 3.43. The van der Waals surface area contributed by atoms with Gasteiger partial charge in [0.05, 0.1) is 16.1 Å². The van der Waals surface area contributed by atoms with Crippen molar-refractivity contribution in [2.75, 3.05) is 0 Å². The first-order valence-electron chi connectivity index (χ1n) is 10.0. The van der Waals surface area contributed by atoms with Crippen LogP contribution in [-0.2, 0) is 0 Å². The van der Waals surface area contributed by atoms with Gasteiger partial charge in [-0.05, 0) is 12.1 Å². The van der Waals surface area contributed by atoms with Crippen molar-refractivity contribution in [1.29, 1.82) is 0 Å². The predicted molar refractivity (Wildman–Crippen MR) is 116 cm³/mol. The molecule has 0 bridgehead atoms. The number of rotatable bonds is 8. The minimum atomic E-state index is -1.72. The average Bonchev–Trinajstić information content (AvgIpc) is 2.65. The topological polar surface area (TPSA) is 30.2 Å². The Labute approximate surface area is 154 Å². The minimum Gasteiger partial charge on any atom is -0.423 e. The van der Waals surface area contributed by atoms with Crippen molar-refractivity contribution in [3.8, 4) is 0 Å². The fourth-order valence-corrected chi connectivity index (χ4v) is 11.7. The van der Waals surface area contributed by atoms with Crippen LogP contribution in [0, 0.1) is 0 Å². The van der Waals surface area contributed by atoms with Crippen molar-refractivity contribution in [2.24, 2.45) is 0 Å². The van der Waals surface area contributed by atoms with Gasteiger partial charge in [-0.1, -0.05) is 95.1 Å². The zero-order chi connectivity index (χ0) is 18.7. The van der Waals surface area contributed by atoms with Crippen LogP contribution >= 0.6 is 0 Å². The van der Waals surface area contributed by atoms with Gasteiger partial charge in [0.15, 0.2) is 0 Å². The maximum Gasteiger partial charge on any atom is 0.335 e. The normalized spacial score (nSPS) is 12.7. The highest BCUT2D eigenvalue weighted by atomic mass is 28.3. The predicted octanol–water partition coefficient (Wildman–Crippen LogP) is 5.22. The summed E-state index contributed by atoms with van der Waals surface area (Å²) in [6.07, 6.45) is 0. The van der Waals surface area contributed by atoms with Gasteiger partial charge >= 0.3 is 5.63 Å². The molecule has 0 unspecified atom stereocenters. The van der Waals surface area contributed by atoms with Gasteiger partial charge in [-0.2, -0.15) is 0 Å². The molecule has 0 aliphatic heterocycles. The monoisotopic (exact) mass is 374 g/mol. The van der Waals surface area contributed by atoms with E-state index < -0.39 is 16.1 Å². The molecule has 2 nitrogen and oxygen atoms in total. The first-order valence-corrected chi connectivity index (χ1v) is 15.3. The van der Waals surface area contributed by atoms with Crippen molar-refractivity contribution < 1.29 is 4.42 Å². The fourth-order valence-electron chi connectivity index (χ4n) is 4.49. The summed E-state index contributed by atoms with van der Waals surface area (Å²) in [5, 5.41) is 3.52. The summed E-state index contributed by atoms with van der Waals surface area (Å²) in [6, 6.07) is 15.9. The highest BCUT2D eigenvalue weighted by Crippen LogP contribution is 2.24. The van der Waals surface area contributed by atoms with E-state index in [1.807, 2.05) is 0 Å². The standard InChI is InChI=1S/C21H34O2Si2/c1-7-24(8-2,9-3)18-14-13-17-15-20(21(22)23-19(17)16-18)25(10-4,11-5)12-6/h13-16H,7-12H2,1-6H3. The molecule has 0 radical (unpaired) electrons. The number of fused-ring (bicyclic) bond motifs is 1. The Hall–Kier alpha value is -1.14. The molecular formula is C21H34O2Si2. The number of benzene rings is 1. The van der Waals surface area contributed by atoms with Crippen LogP contribution in [0.5, 0.6) is 0 Å². The molecule has 0 saturated carbocycles. The summed E-state index contributed by atoms with van der Waals surface area (Å²) in [5.74, 6) is 0. The smallest absolute Gasteiger partial charge is 0.335 e. The molecule has 1 aromatic heterocycles. The van der Waals surface area contributed by atoms with Crippen LogP contribution < -0.4 is 16.0 Å². The minimum absolute atomic E-state index is 0.0846. The van der Waals surface area contributed by atoms with Crippen LogP contribution in [-0.4, -0.2) is 16.1 Å². The maximum absolute atomic E-state index is 12.8. The fraction of sp³-hybridized carbons (Fsp3) is 0.571. The molecule has 0 aliphatic rings. The van der Waals surface area contributed by atoms with E-state index in [-0.39, 0.29) is 5.63 Å². The Morgan fingerprint density at radius 2 is 1.28 bits per heavy atom. The van der Waals surface area contributed by atoms with E-state index in [9.17, 15) is 4.79 Å². The molecule has 0 amide bonds. The van der Waals surface area contributed by atoms with Crippen LogP contribution in [0.4, 0.5) is 0 Å². The summed E-state index contributed by atoms with van der Waals surface area (Å²) in [5.41, 5.74) is 0.698. The molecule has 138 valence electrons. The van der Waals surface area contributed by atoms with Gasteiger partial charge in [0.2, 0.25) is 0 Å². The van der Waals surface area contributed by atoms with Crippen LogP contribution in [0.1, 0.15) is 41.5 Å². The van der Waals surface area contributed by atoms with Crippen LogP contribution in [0.3, 0.4) is 0 Å². The Morgan fingerprint density at radius 1 is 0.760 bits per heavy atom. The Bertz CT molecular complexity index is 755. The Balaban J connectivity index is 2.65. The molecule has 0 spiro atoms. The summed E-state index contributed by atoms with van der Waals surface area (Å²) in [4.78, 5) is 12.8. The van der Waals surface area contributed by atoms with E-state index >= 15 is 0 Å². The Kier molecular flexibility index (Phi) is 6.49. The Morgan fingerprint density at radius 3 is 1.76 bits per heavy atom. The molecule has 0 saturated heterocycles. The van der Waals surface area contributed by atoms with Crippen molar-refractivity contribution >= 4 is 37.5 Å². The van der Waals surface area contributed by atoms with E-state index in [4.69, 9.17) is 4.42 Å². The van der Waals surface area contributed by atoms with Gasteiger partial charge < -0.3 is 4.42 Å². The van der Waals surface area contributed by atoms with Gasteiger partial charge in [0.25, 0.3) is 0 Å². The van der Waals surface area contributed by atoms with Crippen molar-refractivity contribution in [2.45, 2.75) is 77.8 Å². The summed E-state index contributed by atoms with van der Waals surface area (Å²) in [6.45, 7) is 13.6. The van der Waals surface area contributed by atoms with Gasteiger partial charge in [-0.3, -0.25) is 0 Å².